The molecule has 5 heterocycles. The third kappa shape index (κ3) is 4.62. The number of aliphatic imine (C=N–C) groups is 4. The molecule has 2 N–H and O–H groups in total. The molecular formula is C38H41N5. The van der Waals surface area contributed by atoms with Crippen LogP contribution in [0, 0.1) is 0 Å². The summed E-state index contributed by atoms with van der Waals surface area (Å²) in [5.41, 5.74) is 26.7. The highest BCUT2D eigenvalue weighted by Crippen LogP contribution is 2.42. The van der Waals surface area contributed by atoms with E-state index in [1.807, 2.05) is 12.1 Å². The summed E-state index contributed by atoms with van der Waals surface area (Å²) in [4.78, 5) is 21.1. The molecule has 5 heteroatoms. The molecule has 0 saturated carbocycles. The van der Waals surface area contributed by atoms with E-state index in [-0.39, 0.29) is 0 Å². The van der Waals surface area contributed by atoms with Gasteiger partial charge in [-0.1, -0.05) is 39.8 Å². The Hall–Kier alpha value is -4.38. The number of anilines is 1. The maximum absolute atomic E-state index is 6.14. The van der Waals surface area contributed by atoms with Gasteiger partial charge in [0.25, 0.3) is 0 Å². The lowest BCUT2D eigenvalue weighted by molar-refractivity contribution is 1.09. The van der Waals surface area contributed by atoms with E-state index in [1.54, 1.807) is 0 Å². The van der Waals surface area contributed by atoms with E-state index in [2.05, 4.69) is 85.8 Å². The van der Waals surface area contributed by atoms with E-state index in [0.717, 1.165) is 88.1 Å². The van der Waals surface area contributed by atoms with Gasteiger partial charge >= 0.3 is 0 Å². The van der Waals surface area contributed by atoms with Gasteiger partial charge in [0, 0.05) is 11.3 Å². The molecule has 0 aromatic heterocycles. The molecule has 0 spiro atoms. The van der Waals surface area contributed by atoms with Crippen LogP contribution in [0.25, 0.3) is 5.57 Å². The molecule has 1 aromatic rings. The summed E-state index contributed by atoms with van der Waals surface area (Å²) in [5, 5.41) is 0. The van der Waals surface area contributed by atoms with Crippen molar-refractivity contribution in [3.8, 4) is 0 Å². The molecule has 0 saturated heterocycles. The van der Waals surface area contributed by atoms with Crippen molar-refractivity contribution in [2.24, 2.45) is 20.0 Å². The van der Waals surface area contributed by atoms with Gasteiger partial charge in [-0.3, -0.25) is 0 Å². The molecule has 43 heavy (non-hydrogen) atoms. The molecule has 0 radical (unpaired) electrons. The van der Waals surface area contributed by atoms with E-state index in [1.165, 1.54) is 44.6 Å². The first-order valence-corrected chi connectivity index (χ1v) is 15.6. The smallest absolute Gasteiger partial charge is 0.0769 e. The first kappa shape index (κ1) is 28.7. The van der Waals surface area contributed by atoms with E-state index in [9.17, 15) is 0 Å². The second-order valence-corrected chi connectivity index (χ2v) is 11.7. The van der Waals surface area contributed by atoms with Gasteiger partial charge in [-0.25, -0.2) is 20.0 Å². The van der Waals surface area contributed by atoms with Gasteiger partial charge in [-0.05, 0) is 134 Å². The molecular weight excluding hydrogens is 526 g/mol. The van der Waals surface area contributed by atoms with Gasteiger partial charge in [-0.15, -0.1) is 0 Å². The van der Waals surface area contributed by atoms with E-state index < -0.39 is 0 Å². The van der Waals surface area contributed by atoms with Crippen molar-refractivity contribution < 1.29 is 0 Å². The Kier molecular flexibility index (Phi) is 7.37. The number of nitrogen functional groups attached to an aromatic ring is 1. The number of hydrogen-bond acceptors (Lipinski definition) is 5. The van der Waals surface area contributed by atoms with Crippen molar-refractivity contribution in [1.82, 2.24) is 0 Å². The normalized spacial score (nSPS) is 20.1. The standard InChI is InChI=1S/C38H41N5/c1-9-26-20(5)30-17-34-28(11-3)22(7)37(42-34)36(24-13-15-25(39)16-14-24)38-23(8)29(12-4)35(43-38)18-31-21(6)27(10-2)33(41-31)19-32(26)40-30/h13-19H,9-12,39H2,1-8H3. The molecule has 0 atom stereocenters. The van der Waals surface area contributed by atoms with Gasteiger partial charge in [0.2, 0.25) is 0 Å². The first-order chi connectivity index (χ1) is 20.7. The predicted octanol–water partition coefficient (Wildman–Crippen LogP) is 9.37. The van der Waals surface area contributed by atoms with Crippen molar-refractivity contribution in [3.05, 3.63) is 115 Å². The van der Waals surface area contributed by atoms with Crippen molar-refractivity contribution in [2.75, 3.05) is 5.73 Å². The average molecular weight is 568 g/mol. The SMILES string of the molecule is CCC1=C(C)C2=NC1=CC1=NC(=CC3=NC(=C(c4ccc(N)cc4)C4=NC(=C2)C(CC)=C4C)C(C)=C3CC)C(C)=C1CC. The molecule has 0 unspecified atom stereocenters. The van der Waals surface area contributed by atoms with Gasteiger partial charge in [0.15, 0.2) is 0 Å². The second kappa shape index (κ2) is 11.0. The molecule has 5 nitrogen and oxygen atoms in total. The number of fused-ring (bicyclic) bond motifs is 4. The third-order valence-corrected chi connectivity index (χ3v) is 9.38. The second-order valence-electron chi connectivity index (χ2n) is 11.7. The van der Waals surface area contributed by atoms with E-state index in [4.69, 9.17) is 25.7 Å². The topological polar surface area (TPSA) is 75.5 Å². The Bertz CT molecular complexity index is 1850. The van der Waals surface area contributed by atoms with Gasteiger partial charge in [0.1, 0.15) is 0 Å². The molecule has 5 aliphatic rings. The Labute approximate surface area is 255 Å². The molecule has 5 aliphatic heterocycles. The highest BCUT2D eigenvalue weighted by Gasteiger charge is 2.31. The quantitative estimate of drug-likeness (QED) is 0.354. The van der Waals surface area contributed by atoms with Crippen LogP contribution in [0.15, 0.2) is 130 Å². The van der Waals surface area contributed by atoms with Crippen LogP contribution in [0.4, 0.5) is 5.69 Å². The van der Waals surface area contributed by atoms with Crippen molar-refractivity contribution >= 4 is 34.1 Å². The number of nitrogens with two attached hydrogens (primary N) is 1. The summed E-state index contributed by atoms with van der Waals surface area (Å²) >= 11 is 0. The minimum atomic E-state index is 0.737. The monoisotopic (exact) mass is 567 g/mol. The summed E-state index contributed by atoms with van der Waals surface area (Å²) < 4.78 is 0. The van der Waals surface area contributed by atoms with Crippen molar-refractivity contribution in [1.29, 1.82) is 0 Å². The molecule has 1 aromatic carbocycles. The number of nitrogens with zero attached hydrogens (tertiary/aromatic N) is 4. The Morgan fingerprint density at radius 2 is 1.02 bits per heavy atom. The first-order valence-electron chi connectivity index (χ1n) is 15.6. The number of rotatable bonds is 5. The zero-order valence-electron chi connectivity index (χ0n) is 26.7. The Morgan fingerprint density at radius 1 is 0.512 bits per heavy atom. The molecule has 218 valence electrons. The van der Waals surface area contributed by atoms with Crippen molar-refractivity contribution in [3.63, 3.8) is 0 Å². The zero-order chi connectivity index (χ0) is 30.6. The Morgan fingerprint density at radius 3 is 1.67 bits per heavy atom. The fourth-order valence-electron chi connectivity index (χ4n) is 6.92. The van der Waals surface area contributed by atoms with Crippen LogP contribution in [0.3, 0.4) is 0 Å². The van der Waals surface area contributed by atoms with Crippen LogP contribution in [-0.4, -0.2) is 22.8 Å². The lowest BCUT2D eigenvalue weighted by atomic mass is 9.90. The minimum absolute atomic E-state index is 0.737. The van der Waals surface area contributed by atoms with Gasteiger partial charge in [0.05, 0.1) is 45.6 Å². The third-order valence-electron chi connectivity index (χ3n) is 9.38. The molecule has 0 fully saturated rings. The number of hydrogen-bond donors (Lipinski definition) is 1. The summed E-state index contributed by atoms with van der Waals surface area (Å²) in [6.45, 7) is 17.6. The highest BCUT2D eigenvalue weighted by molar-refractivity contribution is 6.35. The zero-order valence-corrected chi connectivity index (χ0v) is 26.7. The number of allylic oxidation sites excluding steroid dienone is 12. The molecule has 0 amide bonds. The van der Waals surface area contributed by atoms with E-state index >= 15 is 0 Å². The summed E-state index contributed by atoms with van der Waals surface area (Å²) in [6.07, 6.45) is 10.1. The summed E-state index contributed by atoms with van der Waals surface area (Å²) in [7, 11) is 0. The van der Waals surface area contributed by atoms with Crippen LogP contribution in [0.5, 0.6) is 0 Å². The van der Waals surface area contributed by atoms with Crippen LogP contribution in [-0.2, 0) is 0 Å². The predicted molar refractivity (Wildman–Crippen MR) is 184 cm³/mol. The highest BCUT2D eigenvalue weighted by atomic mass is 14.9. The summed E-state index contributed by atoms with van der Waals surface area (Å²) in [6, 6.07) is 8.12. The van der Waals surface area contributed by atoms with Crippen LogP contribution in [0.1, 0.15) is 86.6 Å². The van der Waals surface area contributed by atoms with Crippen LogP contribution in [0.2, 0.25) is 0 Å². The van der Waals surface area contributed by atoms with Crippen molar-refractivity contribution in [2.45, 2.75) is 81.1 Å². The maximum atomic E-state index is 6.14. The maximum Gasteiger partial charge on any atom is 0.0769 e. The van der Waals surface area contributed by atoms with Crippen LogP contribution >= 0.6 is 0 Å². The minimum Gasteiger partial charge on any atom is -0.399 e. The van der Waals surface area contributed by atoms with Gasteiger partial charge in [-0.2, -0.15) is 0 Å². The fourth-order valence-corrected chi connectivity index (χ4v) is 6.92. The lowest BCUT2D eigenvalue weighted by Gasteiger charge is -2.14. The average Bonchev–Trinajstić information content (AvgIpc) is 3.66. The number of benzene rings is 1. The summed E-state index contributed by atoms with van der Waals surface area (Å²) in [5.74, 6) is 0. The fraction of sp³-hybridized carbons (Fsp3) is 0.316. The van der Waals surface area contributed by atoms with E-state index in [0.29, 0.717) is 0 Å². The molecule has 0 aliphatic carbocycles. The molecule has 8 bridgehead atoms. The van der Waals surface area contributed by atoms with Gasteiger partial charge < -0.3 is 5.73 Å². The molecule has 6 rings (SSSR count). The largest absolute Gasteiger partial charge is 0.399 e. The van der Waals surface area contributed by atoms with Crippen LogP contribution < -0.4 is 5.73 Å². The Balaban J connectivity index is 1.73. The lowest BCUT2D eigenvalue weighted by Crippen LogP contribution is -2.06.